The lowest BCUT2D eigenvalue weighted by Gasteiger charge is -2.25. The molecule has 0 aliphatic heterocycles. The molecule has 0 atom stereocenters. The van der Waals surface area contributed by atoms with E-state index in [9.17, 15) is 13.2 Å². The number of amides is 1. The van der Waals surface area contributed by atoms with Crippen LogP contribution in [0.4, 0.5) is 11.4 Å². The molecular formula is C22H20BrClN2O3S. The molecule has 0 fully saturated rings. The number of benzene rings is 3. The Bertz CT molecular complexity index is 1160. The summed E-state index contributed by atoms with van der Waals surface area (Å²) >= 11 is 9.38. The molecule has 0 aliphatic carbocycles. The van der Waals surface area contributed by atoms with Crippen LogP contribution >= 0.6 is 27.5 Å². The molecule has 0 heterocycles. The Morgan fingerprint density at radius 1 is 1.00 bits per heavy atom. The van der Waals surface area contributed by atoms with Crippen molar-refractivity contribution in [1.82, 2.24) is 0 Å². The molecule has 5 nitrogen and oxygen atoms in total. The minimum absolute atomic E-state index is 0.114. The zero-order chi connectivity index (χ0) is 21.9. The number of nitrogens with one attached hydrogen (secondary N) is 1. The van der Waals surface area contributed by atoms with Crippen molar-refractivity contribution in [2.24, 2.45) is 0 Å². The first-order valence-electron chi connectivity index (χ1n) is 9.08. The number of carbonyl (C=O) groups is 1. The number of carbonyl (C=O) groups excluding carboxylic acids is 1. The molecular weight excluding hydrogens is 488 g/mol. The topological polar surface area (TPSA) is 66.5 Å². The number of hydrogen-bond acceptors (Lipinski definition) is 3. The van der Waals surface area contributed by atoms with Gasteiger partial charge < -0.3 is 5.32 Å². The second kappa shape index (κ2) is 9.20. The summed E-state index contributed by atoms with van der Waals surface area (Å²) < 4.78 is 28.5. The SMILES string of the molecule is Cc1cc(C)cc(N(CC(=O)Nc2ccc(Br)c(Cl)c2)S(=O)(=O)c2ccccc2)c1. The van der Waals surface area contributed by atoms with E-state index in [0.717, 1.165) is 15.4 Å². The molecule has 0 unspecified atom stereocenters. The largest absolute Gasteiger partial charge is 0.324 e. The van der Waals surface area contributed by atoms with Crippen molar-refractivity contribution >= 4 is 54.8 Å². The fraction of sp³-hybridized carbons (Fsp3) is 0.136. The summed E-state index contributed by atoms with van der Waals surface area (Å²) in [6.07, 6.45) is 0. The van der Waals surface area contributed by atoms with Gasteiger partial charge in [0.15, 0.2) is 0 Å². The average Bonchev–Trinajstić information content (AvgIpc) is 2.69. The lowest BCUT2D eigenvalue weighted by Crippen LogP contribution is -2.38. The number of rotatable bonds is 6. The van der Waals surface area contributed by atoms with Crippen molar-refractivity contribution in [2.75, 3.05) is 16.2 Å². The molecule has 30 heavy (non-hydrogen) atoms. The van der Waals surface area contributed by atoms with E-state index in [0.29, 0.717) is 20.9 Å². The maximum absolute atomic E-state index is 13.4. The molecule has 3 aromatic rings. The fourth-order valence-corrected chi connectivity index (χ4v) is 4.89. The highest BCUT2D eigenvalue weighted by atomic mass is 79.9. The number of nitrogens with zero attached hydrogens (tertiary/aromatic N) is 1. The Morgan fingerprint density at radius 2 is 1.63 bits per heavy atom. The van der Waals surface area contributed by atoms with Crippen LogP contribution < -0.4 is 9.62 Å². The average molecular weight is 508 g/mol. The Morgan fingerprint density at radius 3 is 2.23 bits per heavy atom. The number of anilines is 2. The van der Waals surface area contributed by atoms with Gasteiger partial charge in [-0.05, 0) is 83.4 Å². The molecule has 0 aliphatic rings. The van der Waals surface area contributed by atoms with Crippen LogP contribution in [-0.2, 0) is 14.8 Å². The van der Waals surface area contributed by atoms with Crippen LogP contribution in [0.5, 0.6) is 0 Å². The highest BCUT2D eigenvalue weighted by molar-refractivity contribution is 9.10. The van der Waals surface area contributed by atoms with Crippen molar-refractivity contribution < 1.29 is 13.2 Å². The summed E-state index contributed by atoms with van der Waals surface area (Å²) in [6, 6.07) is 18.5. The van der Waals surface area contributed by atoms with Crippen molar-refractivity contribution in [3.63, 3.8) is 0 Å². The summed E-state index contributed by atoms with van der Waals surface area (Å²) in [6.45, 7) is 3.38. The summed E-state index contributed by atoms with van der Waals surface area (Å²) in [4.78, 5) is 12.9. The number of aryl methyl sites for hydroxylation is 2. The van der Waals surface area contributed by atoms with Crippen LogP contribution in [0.3, 0.4) is 0 Å². The monoisotopic (exact) mass is 506 g/mol. The van der Waals surface area contributed by atoms with E-state index in [1.807, 2.05) is 19.9 Å². The molecule has 1 N–H and O–H groups in total. The minimum Gasteiger partial charge on any atom is -0.324 e. The zero-order valence-electron chi connectivity index (χ0n) is 16.4. The van der Waals surface area contributed by atoms with E-state index in [1.54, 1.807) is 48.5 Å². The maximum Gasteiger partial charge on any atom is 0.264 e. The normalized spacial score (nSPS) is 11.2. The smallest absolute Gasteiger partial charge is 0.264 e. The third-order valence-electron chi connectivity index (χ3n) is 4.32. The number of sulfonamides is 1. The first-order valence-corrected chi connectivity index (χ1v) is 11.7. The van der Waals surface area contributed by atoms with Gasteiger partial charge in [0.2, 0.25) is 5.91 Å². The van der Waals surface area contributed by atoms with Crippen LogP contribution in [0.1, 0.15) is 11.1 Å². The van der Waals surface area contributed by atoms with Crippen LogP contribution in [0.25, 0.3) is 0 Å². The Labute approximate surface area is 189 Å². The number of halogens is 2. The molecule has 0 radical (unpaired) electrons. The molecule has 3 aromatic carbocycles. The van der Waals surface area contributed by atoms with Crippen molar-refractivity contribution in [3.8, 4) is 0 Å². The molecule has 3 rings (SSSR count). The number of hydrogen-bond donors (Lipinski definition) is 1. The molecule has 8 heteroatoms. The lowest BCUT2D eigenvalue weighted by molar-refractivity contribution is -0.114. The van der Waals surface area contributed by atoms with Gasteiger partial charge in [-0.3, -0.25) is 9.10 Å². The van der Waals surface area contributed by atoms with Gasteiger partial charge in [-0.25, -0.2) is 8.42 Å². The van der Waals surface area contributed by atoms with E-state index in [1.165, 1.54) is 12.1 Å². The quantitative estimate of drug-likeness (QED) is 0.475. The standard InChI is InChI=1S/C22H20BrClN2O3S/c1-15-10-16(2)12-18(11-15)26(30(28,29)19-6-4-3-5-7-19)14-22(27)25-17-8-9-20(23)21(24)13-17/h3-13H,14H2,1-2H3,(H,25,27). The Balaban J connectivity index is 1.97. The van der Waals surface area contributed by atoms with Gasteiger partial charge in [-0.15, -0.1) is 0 Å². The fourth-order valence-electron chi connectivity index (χ4n) is 3.03. The third kappa shape index (κ3) is 5.22. The second-order valence-electron chi connectivity index (χ2n) is 6.85. The Kier molecular flexibility index (Phi) is 6.85. The van der Waals surface area contributed by atoms with Gasteiger partial charge in [-0.1, -0.05) is 35.9 Å². The molecule has 0 spiro atoms. The van der Waals surface area contributed by atoms with Crippen LogP contribution in [0.2, 0.25) is 5.02 Å². The van der Waals surface area contributed by atoms with Crippen LogP contribution in [-0.4, -0.2) is 20.9 Å². The summed E-state index contributed by atoms with van der Waals surface area (Å²) in [5.41, 5.74) is 2.71. The van der Waals surface area contributed by atoms with Crippen LogP contribution in [0.15, 0.2) is 76.1 Å². The molecule has 0 aromatic heterocycles. The van der Waals surface area contributed by atoms with E-state index in [4.69, 9.17) is 11.6 Å². The molecule has 0 saturated heterocycles. The first kappa shape index (κ1) is 22.3. The van der Waals surface area contributed by atoms with E-state index >= 15 is 0 Å². The molecule has 0 saturated carbocycles. The highest BCUT2D eigenvalue weighted by Gasteiger charge is 2.27. The van der Waals surface area contributed by atoms with Gasteiger partial charge >= 0.3 is 0 Å². The van der Waals surface area contributed by atoms with Gasteiger partial charge in [0, 0.05) is 10.2 Å². The predicted octanol–water partition coefficient (Wildman–Crippen LogP) is 5.55. The summed E-state index contributed by atoms with van der Waals surface area (Å²) in [5, 5.41) is 3.15. The zero-order valence-corrected chi connectivity index (χ0v) is 19.6. The predicted molar refractivity (Wildman–Crippen MR) is 125 cm³/mol. The second-order valence-corrected chi connectivity index (χ2v) is 9.97. The molecule has 156 valence electrons. The van der Waals surface area contributed by atoms with Crippen molar-refractivity contribution in [1.29, 1.82) is 0 Å². The lowest BCUT2D eigenvalue weighted by atomic mass is 10.1. The first-order chi connectivity index (χ1) is 14.2. The third-order valence-corrected chi connectivity index (χ3v) is 7.34. The summed E-state index contributed by atoms with van der Waals surface area (Å²) in [5.74, 6) is -0.480. The van der Waals surface area contributed by atoms with Crippen molar-refractivity contribution in [3.05, 3.63) is 87.4 Å². The summed E-state index contributed by atoms with van der Waals surface area (Å²) in [7, 11) is -3.95. The highest BCUT2D eigenvalue weighted by Crippen LogP contribution is 2.27. The van der Waals surface area contributed by atoms with E-state index in [-0.39, 0.29) is 11.4 Å². The van der Waals surface area contributed by atoms with Gasteiger partial charge in [0.25, 0.3) is 10.0 Å². The molecule has 1 amide bonds. The maximum atomic E-state index is 13.4. The van der Waals surface area contributed by atoms with Gasteiger partial charge in [0.1, 0.15) is 6.54 Å². The van der Waals surface area contributed by atoms with E-state index < -0.39 is 15.9 Å². The minimum atomic E-state index is -3.95. The van der Waals surface area contributed by atoms with Gasteiger partial charge in [-0.2, -0.15) is 0 Å². The van der Waals surface area contributed by atoms with Crippen LogP contribution in [0, 0.1) is 13.8 Å². The molecule has 0 bridgehead atoms. The van der Waals surface area contributed by atoms with E-state index in [2.05, 4.69) is 21.2 Å². The van der Waals surface area contributed by atoms with Crippen molar-refractivity contribution in [2.45, 2.75) is 18.7 Å². The van der Waals surface area contributed by atoms with Gasteiger partial charge in [0.05, 0.1) is 15.6 Å². The Hall–Kier alpha value is -2.35.